The summed E-state index contributed by atoms with van der Waals surface area (Å²) in [5.41, 5.74) is 34.7. The lowest BCUT2D eigenvalue weighted by Gasteiger charge is -2.64. The summed E-state index contributed by atoms with van der Waals surface area (Å²) in [5, 5.41) is 23.4. The Hall–Kier alpha value is -6.20. The van der Waals surface area contributed by atoms with Gasteiger partial charge in [-0.15, -0.1) is 10.2 Å². The first-order valence-electron chi connectivity index (χ1n) is 37.0. The number of aryl methyl sites for hydroxylation is 2. The molecular formula is C71H114N14O14. The second kappa shape index (κ2) is 32.4. The van der Waals surface area contributed by atoms with Crippen molar-refractivity contribution in [2.45, 2.75) is 239 Å². The molecule has 0 unspecified atom stereocenters. The zero-order valence-electron chi connectivity index (χ0n) is 59.3. The lowest BCUT2D eigenvalue weighted by Crippen LogP contribution is -2.63. The minimum atomic E-state index is -0.481. The van der Waals surface area contributed by atoms with Gasteiger partial charge in [-0.1, -0.05) is 52.0 Å². The Morgan fingerprint density at radius 1 is 0.475 bits per heavy atom. The second-order valence-corrected chi connectivity index (χ2v) is 31.6. The first kappa shape index (κ1) is 75.5. The van der Waals surface area contributed by atoms with Gasteiger partial charge in [0.1, 0.15) is 48.0 Å². The highest BCUT2D eigenvalue weighted by Crippen LogP contribution is 2.71. The van der Waals surface area contributed by atoms with E-state index in [2.05, 4.69) is 72.8 Å². The number of fused-ring (bicyclic) bond motifs is 10. The van der Waals surface area contributed by atoms with Crippen molar-refractivity contribution < 1.29 is 66.8 Å². The Balaban J connectivity index is 0.652. The molecule has 28 nitrogen and oxygen atoms in total. The number of nitrogens with one attached hydrogen (secondary N) is 2. The highest BCUT2D eigenvalue weighted by atomic mass is 16.6. The van der Waals surface area contributed by atoms with Crippen LogP contribution in [-0.2, 0) is 93.0 Å². The number of unbranched alkanes of at least 4 members (excludes halogenated alkanes) is 2. The van der Waals surface area contributed by atoms with Crippen LogP contribution >= 0.6 is 0 Å². The van der Waals surface area contributed by atoms with E-state index in [1.807, 2.05) is 12.4 Å². The van der Waals surface area contributed by atoms with Crippen molar-refractivity contribution in [1.82, 2.24) is 40.6 Å². The monoisotopic (exact) mass is 1390 g/mol. The zero-order valence-corrected chi connectivity index (χ0v) is 59.3. The van der Waals surface area contributed by atoms with Crippen LogP contribution in [-0.4, -0.2) is 154 Å². The first-order valence-corrected chi connectivity index (χ1v) is 37.0. The standard InChI is InChI=1S/C71H114N14O14/c1-40(48-12-14-50-66-52(28-56(70(48,50)5)98-64(92)34-76)68(3)20-18-46(94-60(88)30-72)24-42(68)26-54(66)96-62(90)32-74)10-16-58(86)78-36-44-38-84(82-80-44)22-8-7-9-23-85-39-45(81-83-85)37-79-59(87)17-11-41(2)49-13-15-51-67-53(29-57(71(49,51)6)99-65(93)35-77)69(4)21-19-47(95-61(89)31-73)25-43(69)27-55(67)97-63(91)33-75/h38-43,46-57,66-67H,7-37,72-77H2,1-6H3,(H,78,86)(H,79,87)/t40-,41-,42+,43+,46-,47-,48-,49-,50+,51+,52+,53+,54-,55-,56+,57+,66+,67+,68+,69+,70-,71-/m1/s1. The quantitative estimate of drug-likeness (QED) is 0.0313. The molecule has 0 spiro atoms. The molecule has 0 saturated heterocycles. The third-order valence-electron chi connectivity index (χ3n) is 26.6. The van der Waals surface area contributed by atoms with Crippen molar-refractivity contribution in [3.05, 3.63) is 23.8 Å². The van der Waals surface area contributed by atoms with Gasteiger partial charge in [-0.3, -0.25) is 47.7 Å². The number of esters is 6. The molecule has 2 aromatic rings. The maximum absolute atomic E-state index is 13.5. The van der Waals surface area contributed by atoms with E-state index >= 15 is 0 Å². The van der Waals surface area contributed by atoms with E-state index in [9.17, 15) is 38.4 Å². The van der Waals surface area contributed by atoms with E-state index in [1.54, 1.807) is 9.36 Å². The van der Waals surface area contributed by atoms with E-state index in [0.717, 1.165) is 57.8 Å². The molecule has 10 rings (SSSR count). The fraction of sp³-hybridized carbons (Fsp3) is 0.831. The molecule has 14 N–H and O–H groups in total. The molecule has 552 valence electrons. The maximum atomic E-state index is 13.5. The van der Waals surface area contributed by atoms with Crippen LogP contribution in [0.4, 0.5) is 0 Å². The number of amides is 2. The Morgan fingerprint density at radius 3 is 1.21 bits per heavy atom. The zero-order chi connectivity index (χ0) is 71.1. The molecule has 0 aliphatic heterocycles. The van der Waals surface area contributed by atoms with E-state index in [4.69, 9.17) is 62.8 Å². The largest absolute Gasteiger partial charge is 0.461 e. The first-order chi connectivity index (χ1) is 47.3. The average Bonchev–Trinajstić information content (AvgIpc) is 1.69. The third-order valence-corrected chi connectivity index (χ3v) is 26.6. The van der Waals surface area contributed by atoms with Crippen molar-refractivity contribution in [2.75, 3.05) is 39.3 Å². The molecule has 2 amide bonds. The van der Waals surface area contributed by atoms with Crippen LogP contribution in [0.1, 0.15) is 188 Å². The van der Waals surface area contributed by atoms with Gasteiger partial charge in [0.05, 0.1) is 64.8 Å². The van der Waals surface area contributed by atoms with Gasteiger partial charge in [-0.05, 0) is 192 Å². The Kier molecular flexibility index (Phi) is 24.7. The van der Waals surface area contributed by atoms with Crippen LogP contribution in [0.15, 0.2) is 12.4 Å². The number of rotatable bonds is 30. The molecule has 22 atom stereocenters. The number of carbonyl (C=O) groups excluding carboxylic acids is 8. The summed E-state index contributed by atoms with van der Waals surface area (Å²) in [6.07, 6.45) is 16.0. The van der Waals surface area contributed by atoms with Gasteiger partial charge in [-0.2, -0.15) is 0 Å². The highest BCUT2D eigenvalue weighted by molar-refractivity contribution is 5.76. The topological polar surface area (TPSA) is 434 Å². The summed E-state index contributed by atoms with van der Waals surface area (Å²) in [6.45, 7) is 13.9. The van der Waals surface area contributed by atoms with Crippen LogP contribution in [0, 0.1) is 92.7 Å². The number of ether oxygens (including phenoxy) is 6. The normalized spacial score (nSPS) is 35.6. The van der Waals surface area contributed by atoms with Crippen LogP contribution in [0.2, 0.25) is 0 Å². The average molecular weight is 1390 g/mol. The summed E-state index contributed by atoms with van der Waals surface area (Å²) >= 11 is 0. The van der Waals surface area contributed by atoms with Gasteiger partial charge in [0.2, 0.25) is 11.8 Å². The molecule has 8 aliphatic carbocycles. The van der Waals surface area contributed by atoms with Crippen LogP contribution in [0.25, 0.3) is 0 Å². The summed E-state index contributed by atoms with van der Waals surface area (Å²) in [7, 11) is 0. The van der Waals surface area contributed by atoms with Gasteiger partial charge >= 0.3 is 35.8 Å². The number of nitrogens with two attached hydrogens (primary N) is 6. The van der Waals surface area contributed by atoms with Crippen LogP contribution < -0.4 is 45.0 Å². The molecular weight excluding hydrogens is 1270 g/mol. The fourth-order valence-electron chi connectivity index (χ4n) is 21.7. The lowest BCUT2D eigenvalue weighted by molar-refractivity contribution is -0.225. The number of hydrogen-bond acceptors (Lipinski definition) is 24. The summed E-state index contributed by atoms with van der Waals surface area (Å²) in [5.74, 6) is -2.11. The summed E-state index contributed by atoms with van der Waals surface area (Å²) < 4.78 is 40.4. The van der Waals surface area contributed by atoms with Gasteiger partial charge < -0.3 is 73.5 Å². The minimum absolute atomic E-state index is 0.00352. The number of aromatic nitrogens is 6. The van der Waals surface area contributed by atoms with E-state index in [-0.39, 0.29) is 158 Å². The van der Waals surface area contributed by atoms with E-state index in [0.29, 0.717) is 102 Å². The Bertz CT molecular complexity index is 2970. The van der Waals surface area contributed by atoms with Gasteiger partial charge in [-0.25, -0.2) is 0 Å². The third kappa shape index (κ3) is 16.2. The molecule has 0 aromatic carbocycles. The number of nitrogens with zero attached hydrogens (tertiary/aromatic N) is 6. The summed E-state index contributed by atoms with van der Waals surface area (Å²) in [4.78, 5) is 104. The second-order valence-electron chi connectivity index (χ2n) is 31.6. The molecule has 0 bridgehead atoms. The molecule has 8 aliphatic rings. The molecule has 2 aromatic heterocycles. The maximum Gasteiger partial charge on any atom is 0.319 e. The molecule has 2 heterocycles. The molecule has 8 saturated carbocycles. The Labute approximate surface area is 582 Å². The van der Waals surface area contributed by atoms with Crippen molar-refractivity contribution >= 4 is 47.6 Å². The van der Waals surface area contributed by atoms with Gasteiger partial charge in [0.25, 0.3) is 0 Å². The summed E-state index contributed by atoms with van der Waals surface area (Å²) in [6, 6.07) is 0. The Morgan fingerprint density at radius 2 is 0.838 bits per heavy atom. The molecule has 0 radical (unpaired) electrons. The number of hydrogen-bond donors (Lipinski definition) is 8. The van der Waals surface area contributed by atoms with Crippen molar-refractivity contribution in [3.63, 3.8) is 0 Å². The highest BCUT2D eigenvalue weighted by Gasteiger charge is 2.70. The predicted molar refractivity (Wildman–Crippen MR) is 360 cm³/mol. The number of carbonyl (C=O) groups is 8. The van der Waals surface area contributed by atoms with Crippen molar-refractivity contribution in [1.29, 1.82) is 0 Å². The van der Waals surface area contributed by atoms with E-state index < -0.39 is 71.1 Å². The van der Waals surface area contributed by atoms with Crippen molar-refractivity contribution in [3.8, 4) is 0 Å². The van der Waals surface area contributed by atoms with E-state index in [1.165, 1.54) is 0 Å². The van der Waals surface area contributed by atoms with Gasteiger partial charge in [0, 0.05) is 48.6 Å². The van der Waals surface area contributed by atoms with Crippen molar-refractivity contribution in [2.24, 2.45) is 127 Å². The van der Waals surface area contributed by atoms with Crippen LogP contribution in [0.5, 0.6) is 0 Å². The molecule has 8 fully saturated rings. The molecule has 28 heteroatoms. The molecule has 99 heavy (non-hydrogen) atoms. The lowest BCUT2D eigenvalue weighted by atomic mass is 9.43. The SMILES string of the molecule is C[C@H](CCC(=O)NCc1cn(CCCCCn2cc(CNC(=O)CC[C@@H](C)[C@H]3CC[C@H]4[C@@H]5[C@H](OC(=O)CN)C[C@@H]6C[C@H](OC(=O)CN)CC[C@]6(C)[C@H]5C[C@H](OC(=O)CN)[C@]34C)nn2)nn1)[C@H]1CC[C@H]2[C@@H]3[C@H](OC(=O)CN)C[C@@H]4C[C@H](OC(=O)CN)CC[C@]4(C)[C@H]3C[C@H](OC(=O)CN)[C@]12C. The fourth-order valence-corrected chi connectivity index (χ4v) is 21.7. The smallest absolute Gasteiger partial charge is 0.319 e. The predicted octanol–water partition coefficient (Wildman–Crippen LogP) is 3.79. The minimum Gasteiger partial charge on any atom is -0.461 e. The van der Waals surface area contributed by atoms with Crippen LogP contribution in [0.3, 0.4) is 0 Å². The van der Waals surface area contributed by atoms with Gasteiger partial charge in [0.15, 0.2) is 0 Å².